The van der Waals surface area contributed by atoms with Crippen LogP contribution in [0.1, 0.15) is 40.0 Å². The van der Waals surface area contributed by atoms with Crippen molar-refractivity contribution in [2.75, 3.05) is 0 Å². The van der Waals surface area contributed by atoms with Crippen molar-refractivity contribution in [3.05, 3.63) is 68.0 Å². The maximum absolute atomic E-state index is 12.3. The number of carbonyl (C=O) groups is 1. The SMILES string of the molecule is CCCc1nc(CNC(=O)c2cnc(-c3ccc(C)cc3)[nH]c2=O)cs1. The van der Waals surface area contributed by atoms with Gasteiger partial charge in [0.25, 0.3) is 11.5 Å². The van der Waals surface area contributed by atoms with E-state index in [-0.39, 0.29) is 12.1 Å². The molecule has 3 rings (SSSR count). The van der Waals surface area contributed by atoms with Gasteiger partial charge in [-0.1, -0.05) is 36.8 Å². The third-order valence-corrected chi connectivity index (χ3v) is 4.82. The molecule has 0 aliphatic carbocycles. The van der Waals surface area contributed by atoms with E-state index < -0.39 is 11.5 Å². The van der Waals surface area contributed by atoms with Gasteiger partial charge < -0.3 is 10.3 Å². The van der Waals surface area contributed by atoms with Crippen molar-refractivity contribution in [1.82, 2.24) is 20.3 Å². The monoisotopic (exact) mass is 368 g/mol. The Morgan fingerprint density at radius 1 is 1.27 bits per heavy atom. The minimum atomic E-state index is -0.460. The number of aryl methyl sites for hydroxylation is 2. The zero-order chi connectivity index (χ0) is 18.5. The summed E-state index contributed by atoms with van der Waals surface area (Å²) in [6, 6.07) is 7.64. The molecule has 3 aromatic rings. The van der Waals surface area contributed by atoms with Crippen LogP contribution in [0.5, 0.6) is 0 Å². The quantitative estimate of drug-likeness (QED) is 0.700. The summed E-state index contributed by atoms with van der Waals surface area (Å²) in [5, 5.41) is 5.70. The molecule has 0 radical (unpaired) electrons. The van der Waals surface area contributed by atoms with E-state index >= 15 is 0 Å². The van der Waals surface area contributed by atoms with Gasteiger partial charge in [0.15, 0.2) is 0 Å². The number of nitrogens with zero attached hydrogens (tertiary/aromatic N) is 2. The van der Waals surface area contributed by atoms with E-state index in [9.17, 15) is 9.59 Å². The van der Waals surface area contributed by atoms with E-state index in [2.05, 4.69) is 27.2 Å². The molecule has 2 N–H and O–H groups in total. The molecule has 2 heterocycles. The number of carbonyl (C=O) groups excluding carboxylic acids is 1. The van der Waals surface area contributed by atoms with E-state index in [1.807, 2.05) is 36.6 Å². The minimum absolute atomic E-state index is 0.00938. The largest absolute Gasteiger partial charge is 0.346 e. The Morgan fingerprint density at radius 2 is 2.04 bits per heavy atom. The van der Waals surface area contributed by atoms with E-state index in [4.69, 9.17) is 0 Å². The molecule has 134 valence electrons. The van der Waals surface area contributed by atoms with Crippen LogP contribution in [0.2, 0.25) is 0 Å². The van der Waals surface area contributed by atoms with Gasteiger partial charge in [-0.2, -0.15) is 0 Å². The van der Waals surface area contributed by atoms with Crippen LogP contribution in [0.4, 0.5) is 0 Å². The normalized spacial score (nSPS) is 10.7. The van der Waals surface area contributed by atoms with Gasteiger partial charge in [-0.25, -0.2) is 9.97 Å². The van der Waals surface area contributed by atoms with Crippen molar-refractivity contribution in [3.63, 3.8) is 0 Å². The molecular weight excluding hydrogens is 348 g/mol. The molecular formula is C19H20N4O2S. The molecule has 0 bridgehead atoms. The summed E-state index contributed by atoms with van der Waals surface area (Å²) in [6.07, 6.45) is 3.28. The predicted octanol–water partition coefficient (Wildman–Crippen LogP) is 3.08. The van der Waals surface area contributed by atoms with Crippen LogP contribution in [0, 0.1) is 6.92 Å². The summed E-state index contributed by atoms with van der Waals surface area (Å²) < 4.78 is 0. The Morgan fingerprint density at radius 3 is 2.73 bits per heavy atom. The third kappa shape index (κ3) is 4.23. The molecule has 26 heavy (non-hydrogen) atoms. The second-order valence-electron chi connectivity index (χ2n) is 6.01. The summed E-state index contributed by atoms with van der Waals surface area (Å²) in [5.74, 6) is -0.0190. The summed E-state index contributed by atoms with van der Waals surface area (Å²) in [5.41, 5.74) is 2.25. The minimum Gasteiger partial charge on any atom is -0.346 e. The van der Waals surface area contributed by atoms with Crippen molar-refractivity contribution < 1.29 is 4.79 Å². The highest BCUT2D eigenvalue weighted by molar-refractivity contribution is 7.09. The topological polar surface area (TPSA) is 87.7 Å². The van der Waals surface area contributed by atoms with Gasteiger partial charge in [0.1, 0.15) is 11.4 Å². The first-order chi connectivity index (χ1) is 12.6. The first kappa shape index (κ1) is 18.0. The number of hydrogen-bond donors (Lipinski definition) is 2. The van der Waals surface area contributed by atoms with E-state index in [0.29, 0.717) is 5.82 Å². The highest BCUT2D eigenvalue weighted by atomic mass is 32.1. The fourth-order valence-electron chi connectivity index (χ4n) is 2.44. The summed E-state index contributed by atoms with van der Waals surface area (Å²) in [6.45, 7) is 4.38. The first-order valence-corrected chi connectivity index (χ1v) is 9.32. The van der Waals surface area contributed by atoms with Crippen LogP contribution in [0.3, 0.4) is 0 Å². The van der Waals surface area contributed by atoms with Crippen LogP contribution in [0.15, 0.2) is 40.6 Å². The van der Waals surface area contributed by atoms with Crippen LogP contribution >= 0.6 is 11.3 Å². The van der Waals surface area contributed by atoms with Gasteiger partial charge in [0.2, 0.25) is 0 Å². The van der Waals surface area contributed by atoms with Crippen LogP contribution in [-0.4, -0.2) is 20.9 Å². The lowest BCUT2D eigenvalue weighted by molar-refractivity contribution is 0.0948. The Balaban J connectivity index is 1.69. The molecule has 2 aromatic heterocycles. The molecule has 0 unspecified atom stereocenters. The van der Waals surface area contributed by atoms with Gasteiger partial charge in [0.05, 0.1) is 17.2 Å². The summed E-state index contributed by atoms with van der Waals surface area (Å²) in [4.78, 5) is 35.9. The lowest BCUT2D eigenvalue weighted by atomic mass is 10.1. The molecule has 0 aliphatic heterocycles. The Hall–Kier alpha value is -2.80. The number of rotatable bonds is 6. The first-order valence-electron chi connectivity index (χ1n) is 8.44. The number of benzene rings is 1. The Bertz CT molecular complexity index is 960. The van der Waals surface area contributed by atoms with E-state index in [1.54, 1.807) is 11.3 Å². The highest BCUT2D eigenvalue weighted by Gasteiger charge is 2.13. The number of amides is 1. The van der Waals surface area contributed by atoms with Crippen molar-refractivity contribution in [2.45, 2.75) is 33.2 Å². The Labute approximate surface area is 155 Å². The lowest BCUT2D eigenvalue weighted by Gasteiger charge is -2.05. The molecule has 0 spiro atoms. The zero-order valence-electron chi connectivity index (χ0n) is 14.7. The fourth-order valence-corrected chi connectivity index (χ4v) is 3.34. The standard InChI is InChI=1S/C19H20N4O2S/c1-3-4-16-22-14(11-26-16)9-21-18(24)15-10-20-17(23-19(15)25)13-7-5-12(2)6-8-13/h5-8,10-11H,3-4,9H2,1-2H3,(H,21,24)(H,20,23,25). The number of nitrogens with one attached hydrogen (secondary N) is 2. The molecule has 0 atom stereocenters. The lowest BCUT2D eigenvalue weighted by Crippen LogP contribution is -2.29. The molecule has 0 saturated heterocycles. The third-order valence-electron chi connectivity index (χ3n) is 3.86. The van der Waals surface area contributed by atoms with Crippen LogP contribution < -0.4 is 10.9 Å². The highest BCUT2D eigenvalue weighted by Crippen LogP contribution is 2.14. The summed E-state index contributed by atoms with van der Waals surface area (Å²) in [7, 11) is 0. The second kappa shape index (κ2) is 8.05. The predicted molar refractivity (Wildman–Crippen MR) is 102 cm³/mol. The van der Waals surface area contributed by atoms with Gasteiger partial charge in [-0.05, 0) is 19.8 Å². The molecule has 1 aromatic carbocycles. The molecule has 6 nitrogen and oxygen atoms in total. The van der Waals surface area contributed by atoms with Crippen LogP contribution in [-0.2, 0) is 13.0 Å². The van der Waals surface area contributed by atoms with E-state index in [1.165, 1.54) is 6.20 Å². The van der Waals surface area contributed by atoms with Gasteiger partial charge in [-0.3, -0.25) is 9.59 Å². The molecule has 1 amide bonds. The van der Waals surface area contributed by atoms with Crippen molar-refractivity contribution in [1.29, 1.82) is 0 Å². The zero-order valence-corrected chi connectivity index (χ0v) is 15.5. The smallest absolute Gasteiger partial charge is 0.264 e. The molecule has 0 fully saturated rings. The number of aromatic nitrogens is 3. The van der Waals surface area contributed by atoms with Crippen LogP contribution in [0.25, 0.3) is 11.4 Å². The van der Waals surface area contributed by atoms with Gasteiger partial charge >= 0.3 is 0 Å². The Kier molecular flexibility index (Phi) is 5.58. The number of hydrogen-bond acceptors (Lipinski definition) is 5. The van der Waals surface area contributed by atoms with Crippen molar-refractivity contribution >= 4 is 17.2 Å². The number of aromatic amines is 1. The molecule has 7 heteroatoms. The number of H-pyrrole nitrogens is 1. The molecule has 0 aliphatic rings. The molecule has 0 saturated carbocycles. The fraction of sp³-hybridized carbons (Fsp3) is 0.263. The van der Waals surface area contributed by atoms with Gasteiger partial charge in [-0.15, -0.1) is 11.3 Å². The summed E-state index contributed by atoms with van der Waals surface area (Å²) >= 11 is 1.58. The average molecular weight is 368 g/mol. The number of thiazole rings is 1. The van der Waals surface area contributed by atoms with Gasteiger partial charge in [0, 0.05) is 17.1 Å². The van der Waals surface area contributed by atoms with E-state index in [0.717, 1.165) is 34.7 Å². The van der Waals surface area contributed by atoms with Crippen molar-refractivity contribution in [3.8, 4) is 11.4 Å². The maximum atomic E-state index is 12.3. The average Bonchev–Trinajstić information content (AvgIpc) is 3.08. The van der Waals surface area contributed by atoms with Crippen molar-refractivity contribution in [2.24, 2.45) is 0 Å². The maximum Gasteiger partial charge on any atom is 0.264 e. The second-order valence-corrected chi connectivity index (χ2v) is 6.95.